The highest BCUT2D eigenvalue weighted by Gasteiger charge is 2.41. The molecule has 0 bridgehead atoms. The molecule has 0 aromatic carbocycles. The molecule has 17 heavy (non-hydrogen) atoms. The summed E-state index contributed by atoms with van der Waals surface area (Å²) in [7, 11) is 1.34. The zero-order chi connectivity index (χ0) is 12.4. The maximum Gasteiger partial charge on any atom is 0.314 e. The Bertz CT molecular complexity index is 409. The van der Waals surface area contributed by atoms with Crippen molar-refractivity contribution < 1.29 is 13.9 Å². The topological polar surface area (TPSA) is 39.2 Å². The van der Waals surface area contributed by atoms with Crippen molar-refractivity contribution in [2.75, 3.05) is 7.11 Å². The normalized spacial score (nSPS) is 24.2. The van der Waals surface area contributed by atoms with Crippen LogP contribution in [0.25, 0.3) is 0 Å². The number of methoxy groups -OCH3 is 1. The van der Waals surface area contributed by atoms with E-state index in [2.05, 4.69) is 20.9 Å². The van der Waals surface area contributed by atoms with Crippen LogP contribution in [-0.4, -0.2) is 24.2 Å². The smallest absolute Gasteiger partial charge is 0.314 e. The fraction of sp³-hybridized carbons (Fsp3) is 0.500. The second-order valence-electron chi connectivity index (χ2n) is 4.22. The molecule has 2 rings (SSSR count). The van der Waals surface area contributed by atoms with Gasteiger partial charge in [-0.15, -0.1) is 0 Å². The molecular formula is C12H13BrFNO2. The molecule has 1 aromatic heterocycles. The lowest BCUT2D eigenvalue weighted by molar-refractivity contribution is -0.142. The van der Waals surface area contributed by atoms with Crippen LogP contribution in [0.4, 0.5) is 4.39 Å². The molecule has 1 unspecified atom stereocenters. The Labute approximate surface area is 108 Å². The molecule has 0 N–H and O–H groups in total. The molecule has 1 aliphatic carbocycles. The van der Waals surface area contributed by atoms with E-state index in [4.69, 9.17) is 4.74 Å². The lowest BCUT2D eigenvalue weighted by Gasteiger charge is -2.13. The summed E-state index contributed by atoms with van der Waals surface area (Å²) in [6.45, 7) is 0. The van der Waals surface area contributed by atoms with Gasteiger partial charge in [0.2, 0.25) is 0 Å². The molecule has 0 spiro atoms. The van der Waals surface area contributed by atoms with E-state index in [0.717, 1.165) is 4.47 Å². The second-order valence-corrected chi connectivity index (χ2v) is 5.14. The summed E-state index contributed by atoms with van der Waals surface area (Å²) in [6, 6.07) is 3.58. The quantitative estimate of drug-likeness (QED) is 0.803. The van der Waals surface area contributed by atoms with E-state index < -0.39 is 12.1 Å². The van der Waals surface area contributed by atoms with Gasteiger partial charge in [0.1, 0.15) is 6.17 Å². The van der Waals surface area contributed by atoms with Crippen LogP contribution < -0.4 is 0 Å². The van der Waals surface area contributed by atoms with Gasteiger partial charge in [0.05, 0.1) is 18.7 Å². The molecule has 3 nitrogen and oxygen atoms in total. The number of ether oxygens (including phenoxy) is 1. The van der Waals surface area contributed by atoms with Crippen LogP contribution in [0.2, 0.25) is 0 Å². The Morgan fingerprint density at radius 2 is 2.41 bits per heavy atom. The molecule has 0 radical (unpaired) electrons. The van der Waals surface area contributed by atoms with Crippen LogP contribution in [0, 0.1) is 5.92 Å². The Balaban J connectivity index is 2.14. The van der Waals surface area contributed by atoms with Crippen LogP contribution in [0.1, 0.15) is 24.5 Å². The van der Waals surface area contributed by atoms with Gasteiger partial charge in [-0.1, -0.05) is 0 Å². The molecule has 0 saturated heterocycles. The number of halogens is 2. The lowest BCUT2D eigenvalue weighted by atomic mass is 9.98. The van der Waals surface area contributed by atoms with Crippen LogP contribution in [0.3, 0.4) is 0 Å². The summed E-state index contributed by atoms with van der Waals surface area (Å²) in [5, 5.41) is 0. The van der Waals surface area contributed by atoms with Gasteiger partial charge in [0.25, 0.3) is 0 Å². The van der Waals surface area contributed by atoms with E-state index in [1.165, 1.54) is 7.11 Å². The number of carbonyl (C=O) groups is 1. The van der Waals surface area contributed by atoms with Crippen molar-refractivity contribution in [2.24, 2.45) is 5.92 Å². The molecule has 0 aliphatic heterocycles. The molecule has 1 saturated carbocycles. The van der Waals surface area contributed by atoms with Gasteiger partial charge >= 0.3 is 5.97 Å². The summed E-state index contributed by atoms with van der Waals surface area (Å²) >= 11 is 3.28. The standard InChI is InChI=1S/C12H13BrFNO2/c1-17-12(16)9(4-7-5-10(7)14)11-3-2-8(13)6-15-11/h2-3,6-7,9-10H,4-5H2,1H3/t7-,9?,10-/m1/s1. The van der Waals surface area contributed by atoms with Gasteiger partial charge in [0, 0.05) is 10.7 Å². The molecule has 1 heterocycles. The number of pyridine rings is 1. The van der Waals surface area contributed by atoms with Gasteiger partial charge in [0.15, 0.2) is 0 Å². The number of nitrogens with zero attached hydrogens (tertiary/aromatic N) is 1. The summed E-state index contributed by atoms with van der Waals surface area (Å²) in [6.07, 6.45) is 1.88. The van der Waals surface area contributed by atoms with Crippen molar-refractivity contribution in [2.45, 2.75) is 24.9 Å². The number of hydrogen-bond donors (Lipinski definition) is 0. The molecule has 92 valence electrons. The molecule has 1 fully saturated rings. The Kier molecular flexibility index (Phi) is 3.76. The fourth-order valence-electron chi connectivity index (χ4n) is 1.83. The molecule has 5 heteroatoms. The Morgan fingerprint density at radius 3 is 2.88 bits per heavy atom. The fourth-order valence-corrected chi connectivity index (χ4v) is 2.07. The van der Waals surface area contributed by atoms with E-state index in [9.17, 15) is 9.18 Å². The second kappa shape index (κ2) is 5.12. The van der Waals surface area contributed by atoms with Crippen molar-refractivity contribution in [1.82, 2.24) is 4.98 Å². The number of hydrogen-bond acceptors (Lipinski definition) is 3. The molecule has 1 aromatic rings. The number of aromatic nitrogens is 1. The monoisotopic (exact) mass is 301 g/mol. The van der Waals surface area contributed by atoms with Crippen LogP contribution in [-0.2, 0) is 9.53 Å². The SMILES string of the molecule is COC(=O)C(C[C@@H]1C[C@H]1F)c1ccc(Br)cn1. The third-order valence-electron chi connectivity index (χ3n) is 2.97. The average Bonchev–Trinajstić information content (AvgIpc) is 3.02. The number of carbonyl (C=O) groups excluding carboxylic acids is 1. The average molecular weight is 302 g/mol. The van der Waals surface area contributed by atoms with Gasteiger partial charge in [-0.05, 0) is 46.8 Å². The van der Waals surface area contributed by atoms with Crippen molar-refractivity contribution in [3.63, 3.8) is 0 Å². The first-order valence-corrected chi connectivity index (χ1v) is 6.24. The van der Waals surface area contributed by atoms with Gasteiger partial charge in [-0.2, -0.15) is 0 Å². The lowest BCUT2D eigenvalue weighted by Crippen LogP contribution is -2.16. The molecule has 3 atom stereocenters. The zero-order valence-corrected chi connectivity index (χ0v) is 11.0. The van der Waals surface area contributed by atoms with Crippen LogP contribution in [0.15, 0.2) is 22.8 Å². The van der Waals surface area contributed by atoms with E-state index in [-0.39, 0.29) is 11.9 Å². The van der Waals surface area contributed by atoms with Crippen molar-refractivity contribution in [3.05, 3.63) is 28.5 Å². The maximum atomic E-state index is 12.9. The third-order valence-corrected chi connectivity index (χ3v) is 3.44. The largest absolute Gasteiger partial charge is 0.469 e. The van der Waals surface area contributed by atoms with E-state index >= 15 is 0 Å². The van der Waals surface area contributed by atoms with E-state index in [0.29, 0.717) is 18.5 Å². The van der Waals surface area contributed by atoms with Crippen molar-refractivity contribution >= 4 is 21.9 Å². The highest BCUT2D eigenvalue weighted by Crippen LogP contribution is 2.41. The number of alkyl halides is 1. The van der Waals surface area contributed by atoms with Crippen LogP contribution >= 0.6 is 15.9 Å². The van der Waals surface area contributed by atoms with Gasteiger partial charge in [-0.3, -0.25) is 9.78 Å². The van der Waals surface area contributed by atoms with Gasteiger partial charge < -0.3 is 4.74 Å². The first-order valence-electron chi connectivity index (χ1n) is 5.45. The minimum Gasteiger partial charge on any atom is -0.469 e. The van der Waals surface area contributed by atoms with Crippen molar-refractivity contribution in [3.8, 4) is 0 Å². The Morgan fingerprint density at radius 1 is 1.71 bits per heavy atom. The maximum absolute atomic E-state index is 12.9. The molecule has 0 amide bonds. The van der Waals surface area contributed by atoms with Crippen molar-refractivity contribution in [1.29, 1.82) is 0 Å². The Hall–Kier alpha value is -0.970. The van der Waals surface area contributed by atoms with E-state index in [1.54, 1.807) is 12.3 Å². The van der Waals surface area contributed by atoms with Gasteiger partial charge in [-0.25, -0.2) is 4.39 Å². The molecule has 1 aliphatic rings. The highest BCUT2D eigenvalue weighted by molar-refractivity contribution is 9.10. The predicted molar refractivity (Wildman–Crippen MR) is 64.3 cm³/mol. The minimum absolute atomic E-state index is 0.0236. The highest BCUT2D eigenvalue weighted by atomic mass is 79.9. The van der Waals surface area contributed by atoms with Crippen LogP contribution in [0.5, 0.6) is 0 Å². The predicted octanol–water partition coefficient (Wildman–Crippen LogP) is 2.85. The summed E-state index contributed by atoms with van der Waals surface area (Å²) in [4.78, 5) is 15.9. The summed E-state index contributed by atoms with van der Waals surface area (Å²) in [5.74, 6) is -0.831. The minimum atomic E-state index is -0.766. The first-order chi connectivity index (χ1) is 8.11. The number of esters is 1. The number of rotatable bonds is 4. The first kappa shape index (κ1) is 12.5. The third kappa shape index (κ3) is 3.03. The molecular weight excluding hydrogens is 289 g/mol. The van der Waals surface area contributed by atoms with E-state index in [1.807, 2.05) is 6.07 Å². The summed E-state index contributed by atoms with van der Waals surface area (Å²) < 4.78 is 18.5. The summed E-state index contributed by atoms with van der Waals surface area (Å²) in [5.41, 5.74) is 0.638. The zero-order valence-electron chi connectivity index (χ0n) is 9.40.